The zero-order chi connectivity index (χ0) is 32.8. The topological polar surface area (TPSA) is 26.3 Å². The normalized spacial score (nSPS) is 12.0. The third-order valence-corrected chi connectivity index (χ3v) is 10.5. The minimum atomic E-state index is 0.889. The lowest BCUT2D eigenvalue weighted by Gasteiger charge is -2.07. The fourth-order valence-corrected chi connectivity index (χ4v) is 8.00. The summed E-state index contributed by atoms with van der Waals surface area (Å²) < 4.78 is 13.0. The van der Waals surface area contributed by atoms with E-state index in [4.69, 9.17) is 8.83 Å². The molecule has 11 aromatic rings. The summed E-state index contributed by atoms with van der Waals surface area (Å²) in [6.07, 6.45) is 0. The Balaban J connectivity index is 0.998. The van der Waals surface area contributed by atoms with Crippen LogP contribution in [0.15, 0.2) is 179 Å². The lowest BCUT2D eigenvalue weighted by atomic mass is 9.96. The van der Waals surface area contributed by atoms with Crippen LogP contribution in [0.25, 0.3) is 110 Å². The minimum Gasteiger partial charge on any atom is -0.456 e. The van der Waals surface area contributed by atoms with Crippen molar-refractivity contribution >= 4 is 76.2 Å². The van der Waals surface area contributed by atoms with Gasteiger partial charge in [0.05, 0.1) is 0 Å². The van der Waals surface area contributed by atoms with Gasteiger partial charge in [-0.2, -0.15) is 0 Å². The quantitative estimate of drug-likeness (QED) is 0.193. The van der Waals surface area contributed by atoms with Crippen LogP contribution in [0.4, 0.5) is 0 Å². The molecule has 2 heteroatoms. The molecule has 0 bridgehead atoms. The summed E-state index contributed by atoms with van der Waals surface area (Å²) >= 11 is 0. The van der Waals surface area contributed by atoms with Crippen LogP contribution in [0.2, 0.25) is 0 Å². The van der Waals surface area contributed by atoms with Crippen molar-refractivity contribution < 1.29 is 8.83 Å². The summed E-state index contributed by atoms with van der Waals surface area (Å²) in [4.78, 5) is 0. The summed E-state index contributed by atoms with van der Waals surface area (Å²) in [5, 5.41) is 11.8. The van der Waals surface area contributed by atoms with Crippen molar-refractivity contribution in [2.45, 2.75) is 0 Å². The maximum atomic E-state index is 6.51. The van der Waals surface area contributed by atoms with E-state index in [1.54, 1.807) is 0 Å². The van der Waals surface area contributed by atoms with Crippen molar-refractivity contribution in [1.29, 1.82) is 0 Å². The average Bonchev–Trinajstić information content (AvgIpc) is 3.75. The molecule has 0 saturated carbocycles. The lowest BCUT2D eigenvalue weighted by Crippen LogP contribution is -1.82. The maximum Gasteiger partial charge on any atom is 0.136 e. The first-order chi connectivity index (χ1) is 24.7. The second-order valence-electron chi connectivity index (χ2n) is 13.3. The Morgan fingerprint density at radius 3 is 1.46 bits per heavy atom. The van der Waals surface area contributed by atoms with Gasteiger partial charge in [-0.25, -0.2) is 0 Å². The highest BCUT2D eigenvalue weighted by atomic mass is 16.3. The lowest BCUT2D eigenvalue weighted by molar-refractivity contribution is 0.668. The van der Waals surface area contributed by atoms with E-state index in [1.165, 1.54) is 49.0 Å². The van der Waals surface area contributed by atoms with E-state index in [-0.39, 0.29) is 0 Å². The predicted molar refractivity (Wildman–Crippen MR) is 210 cm³/mol. The molecule has 0 spiro atoms. The Morgan fingerprint density at radius 1 is 0.260 bits per heavy atom. The Morgan fingerprint density at radius 2 is 0.760 bits per heavy atom. The van der Waals surface area contributed by atoms with Gasteiger partial charge in [0, 0.05) is 21.5 Å². The first-order valence-corrected chi connectivity index (χ1v) is 17.1. The zero-order valence-electron chi connectivity index (χ0n) is 27.0. The van der Waals surface area contributed by atoms with Crippen LogP contribution in [0.1, 0.15) is 0 Å². The average molecular weight is 637 g/mol. The number of fused-ring (bicyclic) bond motifs is 11. The molecule has 0 radical (unpaired) electrons. The van der Waals surface area contributed by atoms with Gasteiger partial charge in [0.15, 0.2) is 0 Å². The fourth-order valence-electron chi connectivity index (χ4n) is 8.00. The smallest absolute Gasteiger partial charge is 0.136 e. The molecule has 2 nitrogen and oxygen atoms in total. The van der Waals surface area contributed by atoms with Crippen LogP contribution in [0.5, 0.6) is 0 Å². The highest BCUT2D eigenvalue weighted by Gasteiger charge is 2.17. The number of rotatable bonds is 3. The summed E-state index contributed by atoms with van der Waals surface area (Å²) in [6, 6.07) is 60.8. The molecular weight excluding hydrogens is 609 g/mol. The number of hydrogen-bond acceptors (Lipinski definition) is 2. The maximum absolute atomic E-state index is 6.51. The summed E-state index contributed by atoms with van der Waals surface area (Å²) in [6.45, 7) is 0. The van der Waals surface area contributed by atoms with Crippen LogP contribution in [-0.2, 0) is 0 Å². The highest BCUT2D eigenvalue weighted by Crippen LogP contribution is 2.42. The number of benzene rings is 9. The minimum absolute atomic E-state index is 0.889. The van der Waals surface area contributed by atoms with Gasteiger partial charge < -0.3 is 8.83 Å². The van der Waals surface area contributed by atoms with Gasteiger partial charge in [-0.3, -0.25) is 0 Å². The third kappa shape index (κ3) is 4.09. The number of hydrogen-bond donors (Lipinski definition) is 0. The van der Waals surface area contributed by atoms with E-state index in [2.05, 4.69) is 170 Å². The SMILES string of the molecule is c1ccc2cc(-c3ccc(-c4ccc5c(c4)oc4ccc6c(ccc7oc8cc(-c9cccc%10ccccc9%10)ccc8c76)c45)cc3)ccc2c1. The van der Waals surface area contributed by atoms with E-state index in [9.17, 15) is 0 Å². The van der Waals surface area contributed by atoms with Crippen LogP contribution < -0.4 is 0 Å². The monoisotopic (exact) mass is 636 g/mol. The molecule has 0 fully saturated rings. The molecule has 0 amide bonds. The standard InChI is InChI=1S/C48H28O2/c1-2-8-33-26-34(17-16-29(33)6-1)30-12-14-31(15-13-30)35-18-20-41-45(27-35)49-43-24-22-40-39(47(41)43)23-25-44-48(40)42-21-19-36(28-46(42)50-44)38-11-5-9-32-7-3-4-10-37(32)38/h1-28H. The van der Waals surface area contributed by atoms with Crippen LogP contribution in [0, 0.1) is 0 Å². The van der Waals surface area contributed by atoms with Crippen molar-refractivity contribution in [2.75, 3.05) is 0 Å². The molecule has 0 unspecified atom stereocenters. The van der Waals surface area contributed by atoms with Crippen LogP contribution in [-0.4, -0.2) is 0 Å². The Hall–Kier alpha value is -6.64. The summed E-state index contributed by atoms with van der Waals surface area (Å²) in [5.74, 6) is 0. The van der Waals surface area contributed by atoms with E-state index in [0.717, 1.165) is 60.6 Å². The molecule has 9 aromatic carbocycles. The van der Waals surface area contributed by atoms with E-state index < -0.39 is 0 Å². The zero-order valence-corrected chi connectivity index (χ0v) is 27.0. The van der Waals surface area contributed by atoms with Crippen molar-refractivity contribution in [3.63, 3.8) is 0 Å². The van der Waals surface area contributed by atoms with E-state index in [1.807, 2.05) is 0 Å². The fraction of sp³-hybridized carbons (Fsp3) is 0. The molecule has 0 atom stereocenters. The van der Waals surface area contributed by atoms with Gasteiger partial charge in [0.2, 0.25) is 0 Å². The van der Waals surface area contributed by atoms with Gasteiger partial charge >= 0.3 is 0 Å². The first-order valence-electron chi connectivity index (χ1n) is 17.1. The molecule has 11 rings (SSSR count). The largest absolute Gasteiger partial charge is 0.456 e. The summed E-state index contributed by atoms with van der Waals surface area (Å²) in [7, 11) is 0. The number of furan rings is 2. The van der Waals surface area contributed by atoms with Crippen molar-refractivity contribution in [2.24, 2.45) is 0 Å². The van der Waals surface area contributed by atoms with Gasteiger partial charge in [-0.15, -0.1) is 0 Å². The molecule has 2 heterocycles. The van der Waals surface area contributed by atoms with Gasteiger partial charge in [0.1, 0.15) is 22.3 Å². The Labute approximate surface area is 287 Å². The molecule has 0 aliphatic carbocycles. The third-order valence-electron chi connectivity index (χ3n) is 10.5. The second kappa shape index (κ2) is 10.4. The molecule has 0 aliphatic heterocycles. The summed E-state index contributed by atoms with van der Waals surface area (Å²) in [5.41, 5.74) is 10.7. The molecule has 0 N–H and O–H groups in total. The highest BCUT2D eigenvalue weighted by molar-refractivity contribution is 6.27. The molecule has 2 aromatic heterocycles. The molecule has 50 heavy (non-hydrogen) atoms. The van der Waals surface area contributed by atoms with Crippen molar-refractivity contribution in [3.05, 3.63) is 170 Å². The molecular formula is C48H28O2. The Kier molecular flexibility index (Phi) is 5.70. The van der Waals surface area contributed by atoms with Crippen molar-refractivity contribution in [3.8, 4) is 33.4 Å². The second-order valence-corrected chi connectivity index (χ2v) is 13.3. The Bertz CT molecular complexity index is 3130. The van der Waals surface area contributed by atoms with Crippen molar-refractivity contribution in [1.82, 2.24) is 0 Å². The molecule has 0 aliphatic rings. The van der Waals surface area contributed by atoms with E-state index >= 15 is 0 Å². The molecule has 0 saturated heterocycles. The first kappa shape index (κ1) is 27.3. The van der Waals surface area contributed by atoms with Gasteiger partial charge in [0.25, 0.3) is 0 Å². The van der Waals surface area contributed by atoms with E-state index in [0.29, 0.717) is 0 Å². The predicted octanol–water partition coefficient (Wildman–Crippen LogP) is 13.9. The van der Waals surface area contributed by atoms with Gasteiger partial charge in [-0.1, -0.05) is 115 Å². The molecule has 232 valence electrons. The van der Waals surface area contributed by atoms with Crippen LogP contribution >= 0.6 is 0 Å². The van der Waals surface area contributed by atoms with Crippen LogP contribution in [0.3, 0.4) is 0 Å². The van der Waals surface area contributed by atoms with Gasteiger partial charge in [-0.05, 0) is 120 Å².